The molecule has 0 heteroatoms. The molecular weight excluding hydrogens is 96.1 g/mol. The molecule has 8 heavy (non-hydrogen) atoms. The van der Waals surface area contributed by atoms with Crippen molar-refractivity contribution in [3.8, 4) is 0 Å². The quantitative estimate of drug-likeness (QED) is 0.451. The Morgan fingerprint density at radius 1 is 1.25 bits per heavy atom. The van der Waals surface area contributed by atoms with Gasteiger partial charge in [-0.2, -0.15) is 0 Å². The van der Waals surface area contributed by atoms with Gasteiger partial charge in [0.15, 0.2) is 0 Å². The molecule has 1 aliphatic carbocycles. The predicted molar refractivity (Wildman–Crippen MR) is 36.5 cm³/mol. The molecule has 0 saturated heterocycles. The molecule has 0 aromatic rings. The maximum Gasteiger partial charge on any atom is -0.0354 e. The van der Waals surface area contributed by atoms with Gasteiger partial charge in [-0.3, -0.25) is 0 Å². The van der Waals surface area contributed by atoms with Crippen LogP contribution in [-0.2, 0) is 0 Å². The van der Waals surface area contributed by atoms with Gasteiger partial charge >= 0.3 is 0 Å². The fraction of sp³-hybridized carbons (Fsp3) is 0.875. The van der Waals surface area contributed by atoms with E-state index in [0.717, 1.165) is 5.92 Å². The van der Waals surface area contributed by atoms with E-state index in [-0.39, 0.29) is 0 Å². The molecule has 1 rings (SSSR count). The third-order valence-electron chi connectivity index (χ3n) is 2.13. The lowest BCUT2D eigenvalue weighted by atomic mass is 9.69. The average Bonchev–Trinajstić information content (AvgIpc) is 1.16. The maximum atomic E-state index is 2.37. The van der Waals surface area contributed by atoms with Crippen molar-refractivity contribution < 1.29 is 0 Å². The highest BCUT2D eigenvalue weighted by Crippen LogP contribution is 2.40. The third-order valence-corrected chi connectivity index (χ3v) is 2.13. The highest BCUT2D eigenvalue weighted by atomic mass is 14.3. The summed E-state index contributed by atoms with van der Waals surface area (Å²) in [5.74, 6) is 0.975. The highest BCUT2D eigenvalue weighted by Gasteiger charge is 2.29. The summed E-state index contributed by atoms with van der Waals surface area (Å²) in [4.78, 5) is 0. The number of hydrogen-bond donors (Lipinski definition) is 0. The zero-order valence-corrected chi connectivity index (χ0v) is 6.07. The Kier molecular flexibility index (Phi) is 1.34. The van der Waals surface area contributed by atoms with Crippen LogP contribution in [0.5, 0.6) is 0 Å². The summed E-state index contributed by atoms with van der Waals surface area (Å²) in [5, 5.41) is 0. The Labute approximate surface area is 52.3 Å². The van der Waals surface area contributed by atoms with Gasteiger partial charge in [0.05, 0.1) is 0 Å². The molecule has 1 aliphatic rings. The first-order valence-corrected chi connectivity index (χ1v) is 3.42. The molecule has 1 saturated carbocycles. The van der Waals surface area contributed by atoms with Crippen molar-refractivity contribution in [2.75, 3.05) is 0 Å². The molecule has 47 valence electrons. The summed E-state index contributed by atoms with van der Waals surface area (Å²) >= 11 is 0. The van der Waals surface area contributed by atoms with Crippen molar-refractivity contribution >= 4 is 0 Å². The zero-order chi connectivity index (χ0) is 6.20. The summed E-state index contributed by atoms with van der Waals surface area (Å²) in [6.45, 7) is 6.97. The Morgan fingerprint density at radius 2 is 1.75 bits per heavy atom. The second kappa shape index (κ2) is 1.75. The monoisotopic (exact) mass is 111 g/mol. The SMILES string of the molecule is CC(C)(C)C1C[CH]C1. The van der Waals surface area contributed by atoms with Crippen molar-refractivity contribution in [1.29, 1.82) is 0 Å². The van der Waals surface area contributed by atoms with E-state index in [1.807, 2.05) is 0 Å². The van der Waals surface area contributed by atoms with Crippen LogP contribution in [0.2, 0.25) is 0 Å². The minimum absolute atomic E-state index is 0.564. The molecular formula is C8H15. The van der Waals surface area contributed by atoms with E-state index in [4.69, 9.17) is 0 Å². The standard InChI is InChI=1S/C8H15/c1-8(2,3)7-5-4-6-7/h4,7H,5-6H2,1-3H3. The van der Waals surface area contributed by atoms with Crippen LogP contribution >= 0.6 is 0 Å². The van der Waals surface area contributed by atoms with Gasteiger partial charge in [-0.05, 0) is 30.6 Å². The largest absolute Gasteiger partial charge is 0.0599 e. The summed E-state index contributed by atoms with van der Waals surface area (Å²) in [7, 11) is 0. The zero-order valence-electron chi connectivity index (χ0n) is 6.07. The molecule has 0 unspecified atom stereocenters. The van der Waals surface area contributed by atoms with E-state index in [9.17, 15) is 0 Å². The van der Waals surface area contributed by atoms with E-state index in [2.05, 4.69) is 27.2 Å². The van der Waals surface area contributed by atoms with Crippen molar-refractivity contribution in [3.63, 3.8) is 0 Å². The summed E-state index contributed by atoms with van der Waals surface area (Å²) in [6.07, 6.45) is 5.07. The van der Waals surface area contributed by atoms with E-state index in [1.165, 1.54) is 12.8 Å². The van der Waals surface area contributed by atoms with E-state index in [0.29, 0.717) is 5.41 Å². The summed E-state index contributed by atoms with van der Waals surface area (Å²) in [5.41, 5.74) is 0.564. The lowest BCUT2D eigenvalue weighted by Gasteiger charge is -2.37. The fourth-order valence-corrected chi connectivity index (χ4v) is 1.04. The van der Waals surface area contributed by atoms with Gasteiger partial charge < -0.3 is 0 Å². The van der Waals surface area contributed by atoms with Gasteiger partial charge in [-0.1, -0.05) is 20.8 Å². The van der Waals surface area contributed by atoms with Crippen LogP contribution in [0.4, 0.5) is 0 Å². The first-order valence-electron chi connectivity index (χ1n) is 3.42. The second-order valence-electron chi connectivity index (χ2n) is 3.82. The normalized spacial score (nSPS) is 22.9. The molecule has 0 aromatic carbocycles. The number of rotatable bonds is 0. The Balaban J connectivity index is 2.34. The minimum Gasteiger partial charge on any atom is -0.0599 e. The van der Waals surface area contributed by atoms with Crippen LogP contribution in [0.3, 0.4) is 0 Å². The molecule has 0 aliphatic heterocycles. The fourth-order valence-electron chi connectivity index (χ4n) is 1.04. The Hall–Kier alpha value is 0. The second-order valence-corrected chi connectivity index (χ2v) is 3.82. The van der Waals surface area contributed by atoms with Gasteiger partial charge in [0, 0.05) is 0 Å². The molecule has 1 fully saturated rings. The van der Waals surface area contributed by atoms with Gasteiger partial charge in [-0.15, -0.1) is 0 Å². The minimum atomic E-state index is 0.564. The lowest BCUT2D eigenvalue weighted by molar-refractivity contribution is 0.186. The van der Waals surface area contributed by atoms with Crippen molar-refractivity contribution in [3.05, 3.63) is 6.42 Å². The molecule has 0 bridgehead atoms. The van der Waals surface area contributed by atoms with E-state index >= 15 is 0 Å². The summed E-state index contributed by atoms with van der Waals surface area (Å²) < 4.78 is 0. The molecule has 0 aromatic heterocycles. The van der Waals surface area contributed by atoms with Gasteiger partial charge in [0.1, 0.15) is 0 Å². The van der Waals surface area contributed by atoms with Crippen LogP contribution in [-0.4, -0.2) is 0 Å². The van der Waals surface area contributed by atoms with Crippen molar-refractivity contribution in [2.45, 2.75) is 33.6 Å². The third kappa shape index (κ3) is 1.04. The van der Waals surface area contributed by atoms with E-state index in [1.54, 1.807) is 0 Å². The van der Waals surface area contributed by atoms with E-state index < -0.39 is 0 Å². The molecule has 0 spiro atoms. The van der Waals surface area contributed by atoms with Gasteiger partial charge in [0.2, 0.25) is 0 Å². The maximum absolute atomic E-state index is 2.37. The van der Waals surface area contributed by atoms with Crippen LogP contribution in [0.1, 0.15) is 33.6 Å². The smallest absolute Gasteiger partial charge is 0.0354 e. The van der Waals surface area contributed by atoms with Crippen molar-refractivity contribution in [1.82, 2.24) is 0 Å². The topological polar surface area (TPSA) is 0 Å². The van der Waals surface area contributed by atoms with Crippen molar-refractivity contribution in [2.24, 2.45) is 11.3 Å². The molecule has 0 N–H and O–H groups in total. The average molecular weight is 111 g/mol. The Bertz CT molecular complexity index is 72.5. The lowest BCUT2D eigenvalue weighted by Crippen LogP contribution is -2.26. The molecule has 1 radical (unpaired) electrons. The predicted octanol–water partition coefficient (Wildman–Crippen LogP) is 2.65. The Morgan fingerprint density at radius 3 is 1.75 bits per heavy atom. The van der Waals surface area contributed by atoms with Crippen LogP contribution in [0, 0.1) is 17.8 Å². The van der Waals surface area contributed by atoms with Crippen LogP contribution < -0.4 is 0 Å². The molecule has 0 heterocycles. The first kappa shape index (κ1) is 6.12. The van der Waals surface area contributed by atoms with Gasteiger partial charge in [-0.25, -0.2) is 0 Å². The summed E-state index contributed by atoms with van der Waals surface area (Å²) in [6, 6.07) is 0. The molecule has 0 amide bonds. The highest BCUT2D eigenvalue weighted by molar-refractivity contribution is 4.91. The number of hydrogen-bond acceptors (Lipinski definition) is 0. The van der Waals surface area contributed by atoms with Gasteiger partial charge in [0.25, 0.3) is 0 Å². The molecule has 0 nitrogen and oxygen atoms in total. The van der Waals surface area contributed by atoms with Crippen LogP contribution in [0.25, 0.3) is 0 Å². The van der Waals surface area contributed by atoms with Crippen LogP contribution in [0.15, 0.2) is 0 Å². The first-order chi connectivity index (χ1) is 3.61. The molecule has 0 atom stereocenters.